The number of carbonyl (C=O) groups excluding carboxylic acids is 1. The quantitative estimate of drug-likeness (QED) is 0.183. The van der Waals surface area contributed by atoms with Crippen molar-refractivity contribution in [2.75, 3.05) is 7.11 Å². The van der Waals surface area contributed by atoms with Gasteiger partial charge >= 0.3 is 11.7 Å². The van der Waals surface area contributed by atoms with Crippen LogP contribution >= 0.6 is 11.3 Å². The van der Waals surface area contributed by atoms with Crippen LogP contribution in [0.1, 0.15) is 30.2 Å². The number of thiophene rings is 1. The molecule has 4 rings (SSSR count). The molecule has 3 aromatic heterocycles. The fraction of sp³-hybridized carbons (Fsp3) is 0.190. The number of methoxy groups -OCH3 is 1. The number of hydrogen-bond donors (Lipinski definition) is 0. The van der Waals surface area contributed by atoms with Crippen molar-refractivity contribution >= 4 is 34.0 Å². The number of pyridine rings is 1. The lowest BCUT2D eigenvalue weighted by Gasteiger charge is -2.10. The van der Waals surface area contributed by atoms with Crippen molar-refractivity contribution in [2.24, 2.45) is 0 Å². The van der Waals surface area contributed by atoms with Gasteiger partial charge in [-0.1, -0.05) is 6.07 Å². The van der Waals surface area contributed by atoms with Crippen LogP contribution in [0.25, 0.3) is 21.6 Å². The number of ether oxygens (including phenoxy) is 2. The van der Waals surface area contributed by atoms with Crippen LogP contribution in [0.4, 0.5) is 5.69 Å². The molecule has 0 aliphatic heterocycles. The monoisotopic (exact) mass is 438 g/mol. The zero-order valence-electron chi connectivity index (χ0n) is 16.9. The lowest BCUT2D eigenvalue weighted by Crippen LogP contribution is -2.11. The molecule has 0 unspecified atom stereocenters. The first kappa shape index (κ1) is 20.5. The van der Waals surface area contributed by atoms with Crippen LogP contribution in [0, 0.1) is 10.1 Å². The van der Waals surface area contributed by atoms with Gasteiger partial charge in [0.05, 0.1) is 45.8 Å². The van der Waals surface area contributed by atoms with Crippen LogP contribution in [-0.4, -0.2) is 32.8 Å². The maximum atomic E-state index is 13.1. The second-order valence-corrected chi connectivity index (χ2v) is 7.88. The number of aromatic nitrogens is 3. The summed E-state index contributed by atoms with van der Waals surface area (Å²) < 4.78 is 12.2. The first-order valence-corrected chi connectivity index (χ1v) is 10.2. The Hall–Kier alpha value is -3.79. The molecule has 0 radical (unpaired) electrons. The maximum absolute atomic E-state index is 13.1. The highest BCUT2D eigenvalue weighted by atomic mass is 32.1. The Morgan fingerprint density at radius 3 is 2.71 bits per heavy atom. The highest BCUT2D eigenvalue weighted by molar-refractivity contribution is 7.13. The molecule has 10 heteroatoms. The zero-order chi connectivity index (χ0) is 22.1. The molecule has 0 bridgehead atoms. The smallest absolute Gasteiger partial charge is 0.344 e. The van der Waals surface area contributed by atoms with Gasteiger partial charge in [-0.25, -0.2) is 14.5 Å². The lowest BCUT2D eigenvalue weighted by molar-refractivity contribution is -0.385. The van der Waals surface area contributed by atoms with E-state index in [-0.39, 0.29) is 28.8 Å². The number of fused-ring (bicyclic) bond motifs is 1. The standard InChI is InChI=1S/C21H18N4O5S/c1-12(2)24-20-15(11-22-24)14(10-16(23-20)19-5-4-8-31-19)21(26)30-18-7-6-13(29-3)9-17(18)25(27)28/h4-12H,1-3H3. The minimum absolute atomic E-state index is 0.0233. The van der Waals surface area contributed by atoms with E-state index in [0.717, 1.165) is 4.88 Å². The molecule has 0 atom stereocenters. The van der Waals surface area contributed by atoms with Gasteiger partial charge in [-0.15, -0.1) is 11.3 Å². The summed E-state index contributed by atoms with van der Waals surface area (Å²) in [7, 11) is 1.40. The highest BCUT2D eigenvalue weighted by Gasteiger charge is 2.24. The first-order valence-electron chi connectivity index (χ1n) is 9.35. The molecule has 158 valence electrons. The molecule has 0 saturated carbocycles. The first-order chi connectivity index (χ1) is 14.9. The van der Waals surface area contributed by atoms with E-state index in [2.05, 4.69) is 5.10 Å². The van der Waals surface area contributed by atoms with E-state index in [1.165, 1.54) is 36.6 Å². The van der Waals surface area contributed by atoms with E-state index in [1.54, 1.807) is 16.9 Å². The van der Waals surface area contributed by atoms with Gasteiger partial charge in [-0.2, -0.15) is 5.10 Å². The van der Waals surface area contributed by atoms with Gasteiger partial charge < -0.3 is 9.47 Å². The summed E-state index contributed by atoms with van der Waals surface area (Å²) in [4.78, 5) is 29.5. The molecule has 4 aromatic rings. The molecule has 31 heavy (non-hydrogen) atoms. The highest BCUT2D eigenvalue weighted by Crippen LogP contribution is 2.33. The number of nitrogens with zero attached hydrogens (tertiary/aromatic N) is 4. The second-order valence-electron chi connectivity index (χ2n) is 6.93. The van der Waals surface area contributed by atoms with Crippen molar-refractivity contribution < 1.29 is 19.2 Å². The van der Waals surface area contributed by atoms with Crippen LogP contribution in [0.15, 0.2) is 48.0 Å². The second kappa shape index (κ2) is 8.15. The largest absolute Gasteiger partial charge is 0.496 e. The summed E-state index contributed by atoms with van der Waals surface area (Å²) >= 11 is 1.49. The number of esters is 1. The molecule has 0 aliphatic rings. The third kappa shape index (κ3) is 3.84. The minimum Gasteiger partial charge on any atom is -0.496 e. The van der Waals surface area contributed by atoms with Crippen LogP contribution in [0.2, 0.25) is 0 Å². The van der Waals surface area contributed by atoms with Gasteiger partial charge in [0.2, 0.25) is 5.75 Å². The van der Waals surface area contributed by atoms with Gasteiger partial charge in [0, 0.05) is 6.04 Å². The van der Waals surface area contributed by atoms with E-state index in [0.29, 0.717) is 16.7 Å². The third-order valence-corrected chi connectivity index (χ3v) is 5.51. The van der Waals surface area contributed by atoms with Crippen molar-refractivity contribution in [1.29, 1.82) is 0 Å². The van der Waals surface area contributed by atoms with E-state index in [1.807, 2.05) is 31.4 Å². The van der Waals surface area contributed by atoms with Crippen molar-refractivity contribution in [3.05, 3.63) is 63.7 Å². The third-order valence-electron chi connectivity index (χ3n) is 4.61. The summed E-state index contributed by atoms with van der Waals surface area (Å²) in [5.74, 6) is -0.618. The Balaban J connectivity index is 1.82. The van der Waals surface area contributed by atoms with E-state index >= 15 is 0 Å². The average Bonchev–Trinajstić information content (AvgIpc) is 3.43. The van der Waals surface area contributed by atoms with Crippen molar-refractivity contribution in [2.45, 2.75) is 19.9 Å². The molecule has 0 aliphatic carbocycles. The lowest BCUT2D eigenvalue weighted by atomic mass is 10.1. The summed E-state index contributed by atoms with van der Waals surface area (Å²) in [6.07, 6.45) is 1.56. The number of hydrogen-bond acceptors (Lipinski definition) is 8. The minimum atomic E-state index is -0.734. The van der Waals surface area contributed by atoms with Gasteiger partial charge in [-0.05, 0) is 43.5 Å². The van der Waals surface area contributed by atoms with Crippen LogP contribution in [0.3, 0.4) is 0 Å². The normalized spacial score (nSPS) is 11.1. The topological polar surface area (TPSA) is 109 Å². The Morgan fingerprint density at radius 1 is 1.26 bits per heavy atom. The predicted octanol–water partition coefficient (Wildman–Crippen LogP) is 4.88. The Bertz CT molecular complexity index is 1280. The average molecular weight is 438 g/mol. The molecule has 0 amide bonds. The van der Waals surface area contributed by atoms with Crippen LogP contribution in [-0.2, 0) is 0 Å². The summed E-state index contributed by atoms with van der Waals surface area (Å²) in [6, 6.07) is 9.48. The number of nitro benzene ring substituents is 1. The molecule has 0 fully saturated rings. The predicted molar refractivity (Wildman–Crippen MR) is 116 cm³/mol. The van der Waals surface area contributed by atoms with Crippen LogP contribution < -0.4 is 9.47 Å². The van der Waals surface area contributed by atoms with Crippen molar-refractivity contribution in [3.63, 3.8) is 0 Å². The van der Waals surface area contributed by atoms with E-state index in [9.17, 15) is 14.9 Å². The molecule has 0 spiro atoms. The van der Waals surface area contributed by atoms with Crippen molar-refractivity contribution in [3.8, 4) is 22.1 Å². The Kier molecular flexibility index (Phi) is 5.38. The number of carbonyl (C=O) groups is 1. The number of nitro groups is 1. The van der Waals surface area contributed by atoms with Gasteiger partial charge in [0.25, 0.3) is 0 Å². The Labute approximate surface area is 181 Å². The molecule has 3 heterocycles. The van der Waals surface area contributed by atoms with E-state index < -0.39 is 10.9 Å². The van der Waals surface area contributed by atoms with Crippen LogP contribution in [0.5, 0.6) is 11.5 Å². The fourth-order valence-electron chi connectivity index (χ4n) is 3.12. The molecule has 1 aromatic carbocycles. The molecular formula is C21H18N4O5S. The molecular weight excluding hydrogens is 420 g/mol. The summed E-state index contributed by atoms with van der Waals surface area (Å²) in [5.41, 5.74) is 0.998. The maximum Gasteiger partial charge on any atom is 0.344 e. The van der Waals surface area contributed by atoms with Crippen molar-refractivity contribution in [1.82, 2.24) is 14.8 Å². The number of rotatable bonds is 6. The molecule has 0 N–H and O–H groups in total. The molecule has 9 nitrogen and oxygen atoms in total. The summed E-state index contributed by atoms with van der Waals surface area (Å²) in [6.45, 7) is 3.93. The fourth-order valence-corrected chi connectivity index (χ4v) is 3.81. The zero-order valence-corrected chi connectivity index (χ0v) is 17.8. The van der Waals surface area contributed by atoms with E-state index in [4.69, 9.17) is 14.5 Å². The van der Waals surface area contributed by atoms with Gasteiger partial charge in [0.1, 0.15) is 5.75 Å². The Morgan fingerprint density at radius 2 is 2.06 bits per heavy atom. The van der Waals surface area contributed by atoms with Gasteiger partial charge in [-0.3, -0.25) is 10.1 Å². The number of benzene rings is 1. The molecule has 0 saturated heterocycles. The van der Waals surface area contributed by atoms with Gasteiger partial charge in [0.15, 0.2) is 5.65 Å². The summed E-state index contributed by atoms with van der Waals surface area (Å²) in [5, 5.41) is 18.2. The SMILES string of the molecule is COc1ccc(OC(=O)c2cc(-c3cccs3)nc3c2cnn3C(C)C)c([N+](=O)[O-])c1.